The van der Waals surface area contributed by atoms with Crippen LogP contribution in [0.1, 0.15) is 5.69 Å². The zero-order valence-electron chi connectivity index (χ0n) is 8.26. The summed E-state index contributed by atoms with van der Waals surface area (Å²) in [6, 6.07) is 1.80. The summed E-state index contributed by atoms with van der Waals surface area (Å²) in [6.45, 7) is 0.499. The van der Waals surface area contributed by atoms with Gasteiger partial charge in [-0.1, -0.05) is 11.6 Å². The number of hydrogen-bond donors (Lipinski definition) is 2. The molecule has 2 rings (SSSR count). The maximum Gasteiger partial charge on any atom is 0.150 e. The van der Waals surface area contributed by atoms with Crippen LogP contribution >= 0.6 is 11.6 Å². The summed E-state index contributed by atoms with van der Waals surface area (Å²) in [5.41, 5.74) is 6.38. The Balaban J connectivity index is 2.08. The predicted molar refractivity (Wildman–Crippen MR) is 60.8 cm³/mol. The first-order valence-corrected chi connectivity index (χ1v) is 4.90. The van der Waals surface area contributed by atoms with E-state index >= 15 is 0 Å². The summed E-state index contributed by atoms with van der Waals surface area (Å²) in [5.74, 6) is 0.745. The molecule has 0 aliphatic rings. The van der Waals surface area contributed by atoms with E-state index in [0.717, 1.165) is 5.69 Å². The average molecular weight is 237 g/mol. The summed E-state index contributed by atoms with van der Waals surface area (Å²) in [4.78, 5) is 15.6. The average Bonchev–Trinajstić information content (AvgIpc) is 2.32. The van der Waals surface area contributed by atoms with Crippen molar-refractivity contribution in [1.82, 2.24) is 19.9 Å². The van der Waals surface area contributed by atoms with E-state index < -0.39 is 0 Å². The van der Waals surface area contributed by atoms with Crippen molar-refractivity contribution in [3.8, 4) is 0 Å². The lowest BCUT2D eigenvalue weighted by atomic mass is 10.4. The van der Waals surface area contributed by atoms with E-state index in [0.29, 0.717) is 17.4 Å². The van der Waals surface area contributed by atoms with Crippen molar-refractivity contribution < 1.29 is 0 Å². The summed E-state index contributed by atoms with van der Waals surface area (Å²) >= 11 is 5.91. The standard InChI is InChI=1S/C9H9ClN6/c10-7-8(11)15-5-16-9(7)13-3-6-1-2-12-4-14-6/h1-2,4-5H,3H2,(H3,11,13,15,16). The minimum absolute atomic E-state index is 0.252. The molecule has 2 aromatic rings. The molecule has 7 heteroatoms. The molecule has 2 heterocycles. The monoisotopic (exact) mass is 236 g/mol. The minimum atomic E-state index is 0.252. The van der Waals surface area contributed by atoms with Crippen LogP contribution in [0, 0.1) is 0 Å². The highest BCUT2D eigenvalue weighted by Crippen LogP contribution is 2.23. The van der Waals surface area contributed by atoms with Crippen molar-refractivity contribution in [3.05, 3.63) is 35.6 Å². The SMILES string of the molecule is Nc1ncnc(NCc2ccncn2)c1Cl. The van der Waals surface area contributed by atoms with Crippen LogP contribution in [-0.4, -0.2) is 19.9 Å². The molecule has 0 radical (unpaired) electrons. The molecule has 0 unspecified atom stereocenters. The highest BCUT2D eigenvalue weighted by atomic mass is 35.5. The molecule has 0 fully saturated rings. The normalized spacial score (nSPS) is 10.1. The second kappa shape index (κ2) is 4.71. The third-order valence-electron chi connectivity index (χ3n) is 1.90. The van der Waals surface area contributed by atoms with Gasteiger partial charge in [0.15, 0.2) is 5.82 Å². The van der Waals surface area contributed by atoms with Crippen molar-refractivity contribution in [2.24, 2.45) is 0 Å². The molecular weight excluding hydrogens is 228 g/mol. The number of halogens is 1. The summed E-state index contributed by atoms with van der Waals surface area (Å²) in [6.07, 6.45) is 4.50. The molecule has 0 amide bonds. The first kappa shape index (κ1) is 10.6. The van der Waals surface area contributed by atoms with Gasteiger partial charge in [0.2, 0.25) is 0 Å². The van der Waals surface area contributed by atoms with Crippen LogP contribution in [0.4, 0.5) is 11.6 Å². The Morgan fingerprint density at radius 3 is 2.88 bits per heavy atom. The smallest absolute Gasteiger partial charge is 0.150 e. The molecule has 0 aliphatic heterocycles. The molecule has 3 N–H and O–H groups in total. The van der Waals surface area contributed by atoms with Crippen molar-refractivity contribution in [2.45, 2.75) is 6.54 Å². The van der Waals surface area contributed by atoms with Gasteiger partial charge in [-0.3, -0.25) is 0 Å². The molecule has 6 nitrogen and oxygen atoms in total. The maximum absolute atomic E-state index is 5.91. The first-order valence-electron chi connectivity index (χ1n) is 4.52. The quantitative estimate of drug-likeness (QED) is 0.830. The first-order chi connectivity index (χ1) is 7.77. The van der Waals surface area contributed by atoms with Crippen LogP contribution in [0.2, 0.25) is 5.02 Å². The van der Waals surface area contributed by atoms with E-state index in [4.69, 9.17) is 17.3 Å². The Morgan fingerprint density at radius 2 is 2.12 bits per heavy atom. The third-order valence-corrected chi connectivity index (χ3v) is 2.27. The van der Waals surface area contributed by atoms with Crippen molar-refractivity contribution in [1.29, 1.82) is 0 Å². The third kappa shape index (κ3) is 2.34. The molecule has 0 aliphatic carbocycles. The zero-order chi connectivity index (χ0) is 11.4. The van der Waals surface area contributed by atoms with Crippen molar-refractivity contribution in [2.75, 3.05) is 11.1 Å². The molecule has 16 heavy (non-hydrogen) atoms. The van der Waals surface area contributed by atoms with E-state index in [1.165, 1.54) is 12.7 Å². The predicted octanol–water partition coefficient (Wildman–Crippen LogP) is 1.11. The van der Waals surface area contributed by atoms with Crippen LogP contribution in [0.5, 0.6) is 0 Å². The van der Waals surface area contributed by atoms with Crippen LogP contribution in [0.3, 0.4) is 0 Å². The van der Waals surface area contributed by atoms with Gasteiger partial charge in [0.05, 0.1) is 12.2 Å². The van der Waals surface area contributed by atoms with Gasteiger partial charge in [-0.25, -0.2) is 19.9 Å². The van der Waals surface area contributed by atoms with Crippen LogP contribution in [-0.2, 0) is 6.54 Å². The Labute approximate surface area is 96.9 Å². The molecular formula is C9H9ClN6. The topological polar surface area (TPSA) is 89.6 Å². The lowest BCUT2D eigenvalue weighted by molar-refractivity contribution is 0.992. The van der Waals surface area contributed by atoms with E-state index in [2.05, 4.69) is 25.3 Å². The van der Waals surface area contributed by atoms with Gasteiger partial charge < -0.3 is 11.1 Å². The Hall–Kier alpha value is -1.95. The number of nitrogens with two attached hydrogens (primary N) is 1. The Kier molecular flexibility index (Phi) is 3.11. The Bertz CT molecular complexity index is 475. The molecule has 0 aromatic carbocycles. The molecule has 0 saturated carbocycles. The van der Waals surface area contributed by atoms with Crippen molar-refractivity contribution >= 4 is 23.2 Å². The fourth-order valence-electron chi connectivity index (χ4n) is 1.10. The number of hydrogen-bond acceptors (Lipinski definition) is 6. The molecule has 0 spiro atoms. The molecule has 0 atom stereocenters. The molecule has 82 valence electrons. The zero-order valence-corrected chi connectivity index (χ0v) is 9.02. The van der Waals surface area contributed by atoms with Crippen LogP contribution < -0.4 is 11.1 Å². The molecule has 0 bridgehead atoms. The minimum Gasteiger partial charge on any atom is -0.382 e. The number of nitrogens with one attached hydrogen (secondary N) is 1. The largest absolute Gasteiger partial charge is 0.382 e. The highest BCUT2D eigenvalue weighted by Gasteiger charge is 2.05. The summed E-state index contributed by atoms with van der Waals surface area (Å²) in [7, 11) is 0. The lowest BCUT2D eigenvalue weighted by Crippen LogP contribution is -2.05. The second-order valence-corrected chi connectivity index (χ2v) is 3.35. The van der Waals surface area contributed by atoms with Crippen molar-refractivity contribution in [3.63, 3.8) is 0 Å². The number of nitrogens with zero attached hydrogens (tertiary/aromatic N) is 4. The van der Waals surface area contributed by atoms with E-state index in [-0.39, 0.29) is 5.82 Å². The van der Waals surface area contributed by atoms with E-state index in [9.17, 15) is 0 Å². The lowest BCUT2D eigenvalue weighted by Gasteiger charge is -2.06. The fourth-order valence-corrected chi connectivity index (χ4v) is 1.27. The van der Waals surface area contributed by atoms with Gasteiger partial charge in [-0.15, -0.1) is 0 Å². The van der Waals surface area contributed by atoms with Gasteiger partial charge in [-0.05, 0) is 6.07 Å². The van der Waals surface area contributed by atoms with Gasteiger partial charge in [0.1, 0.15) is 23.5 Å². The van der Waals surface area contributed by atoms with Gasteiger partial charge in [-0.2, -0.15) is 0 Å². The van der Waals surface area contributed by atoms with Crippen LogP contribution in [0.25, 0.3) is 0 Å². The number of anilines is 2. The number of nitrogen functional groups attached to an aromatic ring is 1. The molecule has 0 saturated heterocycles. The summed E-state index contributed by atoms with van der Waals surface area (Å²) < 4.78 is 0. The van der Waals surface area contributed by atoms with E-state index in [1.807, 2.05) is 0 Å². The second-order valence-electron chi connectivity index (χ2n) is 2.98. The van der Waals surface area contributed by atoms with Gasteiger partial charge >= 0.3 is 0 Å². The maximum atomic E-state index is 5.91. The Morgan fingerprint density at radius 1 is 1.25 bits per heavy atom. The van der Waals surface area contributed by atoms with Crippen LogP contribution in [0.15, 0.2) is 24.9 Å². The summed E-state index contributed by atoms with van der Waals surface area (Å²) in [5, 5.41) is 3.33. The number of rotatable bonds is 3. The van der Waals surface area contributed by atoms with Gasteiger partial charge in [0.25, 0.3) is 0 Å². The van der Waals surface area contributed by atoms with Gasteiger partial charge in [0, 0.05) is 6.20 Å². The fraction of sp³-hybridized carbons (Fsp3) is 0.111. The number of aromatic nitrogens is 4. The van der Waals surface area contributed by atoms with E-state index in [1.54, 1.807) is 12.3 Å². The molecule has 2 aromatic heterocycles. The highest BCUT2D eigenvalue weighted by molar-refractivity contribution is 6.35.